The van der Waals surface area contributed by atoms with Crippen molar-refractivity contribution in [2.24, 2.45) is 0 Å². The number of carbonyl (C=O) groups is 1. The van der Waals surface area contributed by atoms with Gasteiger partial charge in [-0.15, -0.1) is 0 Å². The zero-order valence-electron chi connectivity index (χ0n) is 10.1. The Morgan fingerprint density at radius 1 is 1.44 bits per heavy atom. The Balaban J connectivity index is 4.05. The first-order chi connectivity index (χ1) is 7.65. The Morgan fingerprint density at radius 3 is 2.62 bits per heavy atom. The Bertz CT molecular complexity index is 218. The molecule has 0 aliphatic rings. The number of hydrogen-bond donors (Lipinski definition) is 1. The fourth-order valence-electron chi connectivity index (χ4n) is 1.20. The van der Waals surface area contributed by atoms with Crippen LogP contribution < -0.4 is 0 Å². The largest absolute Gasteiger partial charge is 0.463 e. The fourth-order valence-corrected chi connectivity index (χ4v) is 1.20. The molecule has 0 fully saturated rings. The average Bonchev–Trinajstić information content (AvgIpc) is 2.26. The van der Waals surface area contributed by atoms with E-state index in [0.717, 1.165) is 0 Å². The van der Waals surface area contributed by atoms with Crippen LogP contribution >= 0.6 is 0 Å². The molecule has 0 bridgehead atoms. The second kappa shape index (κ2) is 9.33. The molecule has 0 aliphatic heterocycles. The van der Waals surface area contributed by atoms with E-state index in [9.17, 15) is 4.79 Å². The van der Waals surface area contributed by atoms with E-state index in [1.54, 1.807) is 14.0 Å². The second-order valence-corrected chi connectivity index (χ2v) is 3.32. The molecular weight excluding hydrogens is 210 g/mol. The summed E-state index contributed by atoms with van der Waals surface area (Å²) in [5.41, 5.74) is 0.395. The fraction of sp³-hybridized carbons (Fsp3) is 0.727. The van der Waals surface area contributed by atoms with Gasteiger partial charge in [0, 0.05) is 32.3 Å². The molecule has 0 saturated carbocycles. The summed E-state index contributed by atoms with van der Waals surface area (Å²) in [5.74, 6) is -0.386. The van der Waals surface area contributed by atoms with Crippen LogP contribution in [-0.4, -0.2) is 62.5 Å². The molecule has 0 atom stereocenters. The van der Waals surface area contributed by atoms with Gasteiger partial charge in [-0.1, -0.05) is 6.58 Å². The van der Waals surface area contributed by atoms with Crippen molar-refractivity contribution in [3.8, 4) is 0 Å². The third kappa shape index (κ3) is 6.55. The predicted octanol–water partition coefficient (Wildman–Crippen LogP) is 0.0464. The molecule has 0 rings (SSSR count). The first kappa shape index (κ1) is 15.1. The van der Waals surface area contributed by atoms with Gasteiger partial charge in [0.15, 0.2) is 0 Å². The lowest BCUT2D eigenvalue weighted by molar-refractivity contribution is -0.138. The van der Waals surface area contributed by atoms with Crippen LogP contribution in [0, 0.1) is 0 Å². The molecule has 0 heterocycles. The third-order valence-corrected chi connectivity index (χ3v) is 2.01. The molecule has 1 N–H and O–H groups in total. The van der Waals surface area contributed by atoms with Gasteiger partial charge in [0.1, 0.15) is 0 Å². The van der Waals surface area contributed by atoms with Gasteiger partial charge in [-0.2, -0.15) is 0 Å². The van der Waals surface area contributed by atoms with Gasteiger partial charge in [0.05, 0.1) is 19.8 Å². The summed E-state index contributed by atoms with van der Waals surface area (Å²) < 4.78 is 9.77. The number of carbonyl (C=O) groups excluding carboxylic acids is 1. The SMILES string of the molecule is C=C(CN(CCO)CCOC)C(=O)OCC. The van der Waals surface area contributed by atoms with Crippen molar-refractivity contribution in [1.82, 2.24) is 4.90 Å². The van der Waals surface area contributed by atoms with Crippen molar-refractivity contribution >= 4 is 5.97 Å². The maximum Gasteiger partial charge on any atom is 0.334 e. The van der Waals surface area contributed by atoms with Crippen LogP contribution in [0.1, 0.15) is 6.92 Å². The first-order valence-corrected chi connectivity index (χ1v) is 5.32. The van der Waals surface area contributed by atoms with Crippen molar-refractivity contribution in [2.75, 3.05) is 46.6 Å². The zero-order valence-corrected chi connectivity index (χ0v) is 10.1. The molecular formula is C11H21NO4. The summed E-state index contributed by atoms with van der Waals surface area (Å²) in [7, 11) is 1.61. The van der Waals surface area contributed by atoms with Crippen molar-refractivity contribution < 1.29 is 19.4 Å². The minimum absolute atomic E-state index is 0.0415. The molecule has 0 unspecified atom stereocenters. The molecule has 0 radical (unpaired) electrons. The molecule has 0 spiro atoms. The lowest BCUT2D eigenvalue weighted by Gasteiger charge is -2.21. The average molecular weight is 231 g/mol. The number of esters is 1. The van der Waals surface area contributed by atoms with E-state index in [1.165, 1.54) is 0 Å². The third-order valence-electron chi connectivity index (χ3n) is 2.01. The maximum absolute atomic E-state index is 11.3. The van der Waals surface area contributed by atoms with Crippen LogP contribution in [0.3, 0.4) is 0 Å². The van der Waals surface area contributed by atoms with E-state index in [0.29, 0.717) is 38.4 Å². The molecule has 0 aliphatic carbocycles. The number of aliphatic hydroxyl groups excluding tert-OH is 1. The second-order valence-electron chi connectivity index (χ2n) is 3.32. The lowest BCUT2D eigenvalue weighted by Crippen LogP contribution is -2.33. The van der Waals surface area contributed by atoms with E-state index >= 15 is 0 Å². The molecule has 0 amide bonds. The number of ether oxygens (including phenoxy) is 2. The molecule has 5 nitrogen and oxygen atoms in total. The molecule has 94 valence electrons. The van der Waals surface area contributed by atoms with Crippen LogP contribution in [0.15, 0.2) is 12.2 Å². The number of aliphatic hydroxyl groups is 1. The Kier molecular flexibility index (Phi) is 8.80. The summed E-state index contributed by atoms with van der Waals surface area (Å²) in [4.78, 5) is 13.2. The normalized spacial score (nSPS) is 10.5. The summed E-state index contributed by atoms with van der Waals surface area (Å²) >= 11 is 0. The smallest absolute Gasteiger partial charge is 0.334 e. The highest BCUT2D eigenvalue weighted by molar-refractivity contribution is 5.88. The van der Waals surface area contributed by atoms with Gasteiger partial charge >= 0.3 is 5.97 Å². The summed E-state index contributed by atoms with van der Waals surface area (Å²) in [5, 5.41) is 8.86. The van der Waals surface area contributed by atoms with Gasteiger partial charge in [0.25, 0.3) is 0 Å². The van der Waals surface area contributed by atoms with Crippen molar-refractivity contribution in [3.05, 3.63) is 12.2 Å². The van der Waals surface area contributed by atoms with E-state index in [-0.39, 0.29) is 12.6 Å². The number of methoxy groups -OCH3 is 1. The first-order valence-electron chi connectivity index (χ1n) is 5.32. The van der Waals surface area contributed by atoms with E-state index < -0.39 is 0 Å². The van der Waals surface area contributed by atoms with Gasteiger partial charge in [0.2, 0.25) is 0 Å². The lowest BCUT2D eigenvalue weighted by atomic mass is 10.3. The predicted molar refractivity (Wildman–Crippen MR) is 61.2 cm³/mol. The van der Waals surface area contributed by atoms with Gasteiger partial charge in [-0.3, -0.25) is 4.90 Å². The standard InChI is InChI=1S/C11H21NO4/c1-4-16-11(14)10(2)9-12(5-7-13)6-8-15-3/h13H,2,4-9H2,1,3H3. The molecule has 0 aromatic rings. The number of nitrogens with zero attached hydrogens (tertiary/aromatic N) is 1. The maximum atomic E-state index is 11.3. The van der Waals surface area contributed by atoms with Gasteiger partial charge in [-0.05, 0) is 6.92 Å². The molecule has 0 aromatic heterocycles. The van der Waals surface area contributed by atoms with Crippen molar-refractivity contribution in [1.29, 1.82) is 0 Å². The van der Waals surface area contributed by atoms with Crippen LogP contribution in [-0.2, 0) is 14.3 Å². The molecule has 16 heavy (non-hydrogen) atoms. The highest BCUT2D eigenvalue weighted by Gasteiger charge is 2.12. The number of rotatable bonds is 9. The Hall–Kier alpha value is -0.910. The Morgan fingerprint density at radius 2 is 2.12 bits per heavy atom. The molecule has 0 aromatic carbocycles. The van der Waals surface area contributed by atoms with Crippen LogP contribution in [0.2, 0.25) is 0 Å². The van der Waals surface area contributed by atoms with Gasteiger partial charge < -0.3 is 14.6 Å². The van der Waals surface area contributed by atoms with Crippen LogP contribution in [0.5, 0.6) is 0 Å². The van der Waals surface area contributed by atoms with Gasteiger partial charge in [-0.25, -0.2) is 4.79 Å². The van der Waals surface area contributed by atoms with Crippen LogP contribution in [0.25, 0.3) is 0 Å². The highest BCUT2D eigenvalue weighted by atomic mass is 16.5. The van der Waals surface area contributed by atoms with Crippen LogP contribution in [0.4, 0.5) is 0 Å². The minimum atomic E-state index is -0.386. The number of hydrogen-bond acceptors (Lipinski definition) is 5. The summed E-state index contributed by atoms with van der Waals surface area (Å²) in [6.07, 6.45) is 0. The van der Waals surface area contributed by atoms with E-state index in [2.05, 4.69) is 6.58 Å². The monoisotopic (exact) mass is 231 g/mol. The van der Waals surface area contributed by atoms with E-state index in [1.807, 2.05) is 4.90 Å². The zero-order chi connectivity index (χ0) is 12.4. The minimum Gasteiger partial charge on any atom is -0.463 e. The molecule has 0 saturated heterocycles. The van der Waals surface area contributed by atoms with Crippen molar-refractivity contribution in [3.63, 3.8) is 0 Å². The Labute approximate surface area is 96.6 Å². The summed E-state index contributed by atoms with van der Waals surface area (Å²) in [6.45, 7) is 7.88. The topological polar surface area (TPSA) is 59.0 Å². The van der Waals surface area contributed by atoms with E-state index in [4.69, 9.17) is 14.6 Å². The molecule has 5 heteroatoms. The van der Waals surface area contributed by atoms with Crippen molar-refractivity contribution in [2.45, 2.75) is 6.92 Å². The summed E-state index contributed by atoms with van der Waals surface area (Å²) in [6, 6.07) is 0. The quantitative estimate of drug-likeness (QED) is 0.449. The highest BCUT2D eigenvalue weighted by Crippen LogP contribution is 2.00.